The van der Waals surface area contributed by atoms with E-state index in [-0.39, 0.29) is 0 Å². The Kier molecular flexibility index (Phi) is 3.87. The highest BCUT2D eigenvalue weighted by Gasteiger charge is 2.13. The van der Waals surface area contributed by atoms with E-state index in [4.69, 9.17) is 4.74 Å². The Morgan fingerprint density at radius 2 is 2.12 bits per heavy atom. The van der Waals surface area contributed by atoms with Crippen molar-refractivity contribution in [2.24, 2.45) is 5.10 Å². The molecule has 0 radical (unpaired) electrons. The molecule has 1 aliphatic rings. The van der Waals surface area contributed by atoms with Gasteiger partial charge in [0.15, 0.2) is 11.6 Å². The SMILES string of the molecule is CC=NN(C)c1ccc(N2CCOCC2)nn1. The van der Waals surface area contributed by atoms with Crippen LogP contribution in [0.25, 0.3) is 0 Å². The summed E-state index contributed by atoms with van der Waals surface area (Å²) in [5, 5.41) is 14.2. The lowest BCUT2D eigenvalue weighted by Gasteiger charge is -2.27. The van der Waals surface area contributed by atoms with Crippen LogP contribution in [0.5, 0.6) is 0 Å². The lowest BCUT2D eigenvalue weighted by Crippen LogP contribution is -2.36. The van der Waals surface area contributed by atoms with Gasteiger partial charge in [-0.1, -0.05) is 0 Å². The summed E-state index contributed by atoms with van der Waals surface area (Å²) in [5.41, 5.74) is 0. The highest BCUT2D eigenvalue weighted by atomic mass is 16.5. The molecule has 17 heavy (non-hydrogen) atoms. The first-order valence-electron chi connectivity index (χ1n) is 5.70. The van der Waals surface area contributed by atoms with Crippen LogP contribution in [0.4, 0.5) is 11.6 Å². The first-order chi connectivity index (χ1) is 8.31. The smallest absolute Gasteiger partial charge is 0.171 e. The fourth-order valence-electron chi connectivity index (χ4n) is 1.68. The van der Waals surface area contributed by atoms with E-state index in [2.05, 4.69) is 20.2 Å². The zero-order chi connectivity index (χ0) is 12.1. The number of hydrogen-bond donors (Lipinski definition) is 0. The summed E-state index contributed by atoms with van der Waals surface area (Å²) in [7, 11) is 1.85. The molecule has 0 atom stereocenters. The molecule has 6 nitrogen and oxygen atoms in total. The normalized spacial score (nSPS) is 16.5. The van der Waals surface area contributed by atoms with Gasteiger partial charge in [0, 0.05) is 26.4 Å². The lowest BCUT2D eigenvalue weighted by atomic mass is 10.4. The van der Waals surface area contributed by atoms with Gasteiger partial charge in [-0.15, -0.1) is 10.2 Å². The Balaban J connectivity index is 2.06. The van der Waals surface area contributed by atoms with Gasteiger partial charge in [-0.05, 0) is 19.1 Å². The molecule has 0 aromatic carbocycles. The van der Waals surface area contributed by atoms with Crippen molar-refractivity contribution in [3.63, 3.8) is 0 Å². The summed E-state index contributed by atoms with van der Waals surface area (Å²) in [5.74, 6) is 1.63. The topological polar surface area (TPSA) is 53.9 Å². The van der Waals surface area contributed by atoms with Crippen molar-refractivity contribution in [1.82, 2.24) is 10.2 Å². The van der Waals surface area contributed by atoms with E-state index in [1.165, 1.54) is 0 Å². The third-order valence-corrected chi connectivity index (χ3v) is 2.59. The molecule has 2 rings (SSSR count). The molecular weight excluding hydrogens is 218 g/mol. The van der Waals surface area contributed by atoms with Crippen molar-refractivity contribution < 1.29 is 4.74 Å². The molecule has 0 bridgehead atoms. The Morgan fingerprint density at radius 1 is 1.35 bits per heavy atom. The number of rotatable bonds is 3. The first kappa shape index (κ1) is 11.8. The van der Waals surface area contributed by atoms with Gasteiger partial charge in [-0.25, -0.2) is 5.01 Å². The number of ether oxygens (including phenoxy) is 1. The molecule has 0 N–H and O–H groups in total. The number of anilines is 2. The summed E-state index contributed by atoms with van der Waals surface area (Å²) in [6, 6.07) is 3.89. The van der Waals surface area contributed by atoms with Crippen molar-refractivity contribution in [3.8, 4) is 0 Å². The van der Waals surface area contributed by atoms with E-state index in [0.717, 1.165) is 37.9 Å². The van der Waals surface area contributed by atoms with E-state index in [1.54, 1.807) is 11.2 Å². The molecular formula is C11H17N5O. The van der Waals surface area contributed by atoms with Gasteiger partial charge in [-0.2, -0.15) is 5.10 Å². The molecule has 6 heteroatoms. The van der Waals surface area contributed by atoms with Gasteiger partial charge >= 0.3 is 0 Å². The fraction of sp³-hybridized carbons (Fsp3) is 0.545. The highest BCUT2D eigenvalue weighted by Crippen LogP contribution is 2.14. The van der Waals surface area contributed by atoms with Crippen molar-refractivity contribution in [1.29, 1.82) is 0 Å². The van der Waals surface area contributed by atoms with Gasteiger partial charge in [0.25, 0.3) is 0 Å². The van der Waals surface area contributed by atoms with E-state index in [1.807, 2.05) is 26.1 Å². The zero-order valence-electron chi connectivity index (χ0n) is 10.2. The maximum atomic E-state index is 5.30. The van der Waals surface area contributed by atoms with Crippen LogP contribution in [-0.2, 0) is 4.74 Å². The van der Waals surface area contributed by atoms with Gasteiger partial charge in [0.2, 0.25) is 0 Å². The zero-order valence-corrected chi connectivity index (χ0v) is 10.2. The monoisotopic (exact) mass is 235 g/mol. The maximum Gasteiger partial charge on any atom is 0.171 e. The average Bonchev–Trinajstić information content (AvgIpc) is 2.40. The first-order valence-corrected chi connectivity index (χ1v) is 5.70. The Morgan fingerprint density at radius 3 is 2.71 bits per heavy atom. The predicted molar refractivity (Wildman–Crippen MR) is 67.6 cm³/mol. The minimum atomic E-state index is 0.736. The molecule has 0 spiro atoms. The molecule has 0 aliphatic carbocycles. The number of hydrogen-bond acceptors (Lipinski definition) is 6. The van der Waals surface area contributed by atoms with Crippen LogP contribution >= 0.6 is 0 Å². The molecule has 1 fully saturated rings. The molecule has 1 aromatic rings. The van der Waals surface area contributed by atoms with E-state index >= 15 is 0 Å². The summed E-state index contributed by atoms with van der Waals surface area (Å²) >= 11 is 0. The summed E-state index contributed by atoms with van der Waals surface area (Å²) in [6.07, 6.45) is 1.72. The molecule has 92 valence electrons. The van der Waals surface area contributed by atoms with Gasteiger partial charge in [-0.3, -0.25) is 0 Å². The molecule has 0 unspecified atom stereocenters. The number of nitrogens with zero attached hydrogens (tertiary/aromatic N) is 5. The fourth-order valence-corrected chi connectivity index (χ4v) is 1.68. The van der Waals surface area contributed by atoms with Crippen molar-refractivity contribution >= 4 is 17.9 Å². The highest BCUT2D eigenvalue weighted by molar-refractivity contribution is 5.56. The summed E-state index contributed by atoms with van der Waals surface area (Å²) in [6.45, 7) is 5.12. The number of aromatic nitrogens is 2. The minimum Gasteiger partial charge on any atom is -0.378 e. The molecule has 1 aromatic heterocycles. The molecule has 1 saturated heterocycles. The molecule has 1 aliphatic heterocycles. The minimum absolute atomic E-state index is 0.736. The standard InChI is InChI=1S/C11H17N5O/c1-3-12-15(2)10-4-5-11(14-13-10)16-6-8-17-9-7-16/h3-5H,6-9H2,1-2H3. The van der Waals surface area contributed by atoms with Gasteiger partial charge in [0.05, 0.1) is 13.2 Å². The molecule has 2 heterocycles. The second-order valence-electron chi connectivity index (χ2n) is 3.75. The molecule has 0 saturated carbocycles. The third kappa shape index (κ3) is 2.91. The van der Waals surface area contributed by atoms with Gasteiger partial charge < -0.3 is 9.64 Å². The number of hydrazone groups is 1. The second-order valence-corrected chi connectivity index (χ2v) is 3.75. The largest absolute Gasteiger partial charge is 0.378 e. The summed E-state index contributed by atoms with van der Waals surface area (Å²) in [4.78, 5) is 2.17. The van der Waals surface area contributed by atoms with E-state index < -0.39 is 0 Å². The van der Waals surface area contributed by atoms with E-state index in [9.17, 15) is 0 Å². The van der Waals surface area contributed by atoms with Crippen LogP contribution in [0.3, 0.4) is 0 Å². The van der Waals surface area contributed by atoms with Crippen LogP contribution in [-0.4, -0.2) is 49.8 Å². The Hall–Kier alpha value is -1.69. The molecule has 0 amide bonds. The second kappa shape index (κ2) is 5.58. The van der Waals surface area contributed by atoms with Gasteiger partial charge in [0.1, 0.15) is 0 Å². The van der Waals surface area contributed by atoms with Crippen molar-refractivity contribution in [2.75, 3.05) is 43.3 Å². The third-order valence-electron chi connectivity index (χ3n) is 2.59. The predicted octanol–water partition coefficient (Wildman–Crippen LogP) is 0.755. The Bertz CT molecular complexity index is 372. The van der Waals surface area contributed by atoms with Crippen molar-refractivity contribution in [2.45, 2.75) is 6.92 Å². The Labute approximate surface area is 101 Å². The van der Waals surface area contributed by atoms with Crippen LogP contribution in [0.2, 0.25) is 0 Å². The maximum absolute atomic E-state index is 5.30. The average molecular weight is 235 g/mol. The van der Waals surface area contributed by atoms with Crippen LogP contribution in [0.15, 0.2) is 17.2 Å². The number of morpholine rings is 1. The lowest BCUT2D eigenvalue weighted by molar-refractivity contribution is 0.122. The van der Waals surface area contributed by atoms with Crippen LogP contribution in [0, 0.1) is 0 Å². The van der Waals surface area contributed by atoms with E-state index in [0.29, 0.717) is 0 Å². The quantitative estimate of drug-likeness (QED) is 0.572. The summed E-state index contributed by atoms with van der Waals surface area (Å²) < 4.78 is 5.30. The van der Waals surface area contributed by atoms with Crippen LogP contribution < -0.4 is 9.91 Å². The van der Waals surface area contributed by atoms with Crippen molar-refractivity contribution in [3.05, 3.63) is 12.1 Å². The van der Waals surface area contributed by atoms with Crippen LogP contribution in [0.1, 0.15) is 6.92 Å².